The molecule has 0 radical (unpaired) electrons. The van der Waals surface area contributed by atoms with E-state index in [1.165, 1.54) is 18.2 Å². The summed E-state index contributed by atoms with van der Waals surface area (Å²) >= 11 is 3.16. The number of esters is 1. The third-order valence-corrected chi connectivity index (χ3v) is 2.58. The number of benzene rings is 1. The molecule has 17 heavy (non-hydrogen) atoms. The Bertz CT molecular complexity index is 432. The van der Waals surface area contributed by atoms with Gasteiger partial charge in [-0.1, -0.05) is 15.9 Å². The van der Waals surface area contributed by atoms with Gasteiger partial charge in [-0.2, -0.15) is 0 Å². The molecule has 0 aromatic heterocycles. The molecule has 3 nitrogen and oxygen atoms in total. The fourth-order valence-corrected chi connectivity index (χ4v) is 1.66. The van der Waals surface area contributed by atoms with Gasteiger partial charge >= 0.3 is 5.97 Å². The molecule has 0 heterocycles. The lowest BCUT2D eigenvalue weighted by Crippen LogP contribution is -2.09. The van der Waals surface area contributed by atoms with Gasteiger partial charge in [0.15, 0.2) is 5.78 Å². The van der Waals surface area contributed by atoms with Crippen molar-refractivity contribution >= 4 is 27.7 Å². The number of hydrogen-bond donors (Lipinski definition) is 0. The van der Waals surface area contributed by atoms with Gasteiger partial charge in [0.1, 0.15) is 5.82 Å². The molecule has 5 heteroatoms. The molecule has 0 fully saturated rings. The van der Waals surface area contributed by atoms with Crippen LogP contribution in [-0.4, -0.2) is 18.4 Å². The first-order chi connectivity index (χ1) is 8.04. The normalized spacial score (nSPS) is 10.1. The molecule has 1 aromatic carbocycles. The Morgan fingerprint density at radius 2 is 2.06 bits per heavy atom. The second kappa shape index (κ2) is 6.49. The first kappa shape index (κ1) is 13.8. The summed E-state index contributed by atoms with van der Waals surface area (Å²) < 4.78 is 18.6. The van der Waals surface area contributed by atoms with E-state index >= 15 is 0 Å². The standard InChI is InChI=1S/C12H12BrFO3/c1-2-17-12(16)6-5-11(15)9-7-8(13)3-4-10(9)14/h3-4,7H,2,5-6H2,1H3. The highest BCUT2D eigenvalue weighted by molar-refractivity contribution is 9.10. The average molecular weight is 303 g/mol. The van der Waals surface area contributed by atoms with E-state index < -0.39 is 17.6 Å². The first-order valence-corrected chi connectivity index (χ1v) is 5.97. The van der Waals surface area contributed by atoms with E-state index in [0.717, 1.165) is 0 Å². The van der Waals surface area contributed by atoms with Crippen LogP contribution in [0.25, 0.3) is 0 Å². The largest absolute Gasteiger partial charge is 0.466 e. The van der Waals surface area contributed by atoms with Crippen molar-refractivity contribution in [2.24, 2.45) is 0 Å². The zero-order chi connectivity index (χ0) is 12.8. The van der Waals surface area contributed by atoms with Crippen molar-refractivity contribution < 1.29 is 18.7 Å². The number of Topliss-reactive ketones (excluding diaryl/α,β-unsaturated/α-hetero) is 1. The fourth-order valence-electron chi connectivity index (χ4n) is 1.29. The van der Waals surface area contributed by atoms with Crippen LogP contribution >= 0.6 is 15.9 Å². The van der Waals surface area contributed by atoms with Gasteiger partial charge in [0.25, 0.3) is 0 Å². The average Bonchev–Trinajstić information content (AvgIpc) is 2.29. The molecule has 1 aromatic rings. The van der Waals surface area contributed by atoms with Gasteiger partial charge in [-0.25, -0.2) is 4.39 Å². The van der Waals surface area contributed by atoms with E-state index in [2.05, 4.69) is 20.7 Å². The third-order valence-electron chi connectivity index (χ3n) is 2.09. The van der Waals surface area contributed by atoms with Gasteiger partial charge in [-0.05, 0) is 25.1 Å². The zero-order valence-corrected chi connectivity index (χ0v) is 10.9. The Kier molecular flexibility index (Phi) is 5.28. The van der Waals surface area contributed by atoms with Gasteiger partial charge in [-0.15, -0.1) is 0 Å². The first-order valence-electron chi connectivity index (χ1n) is 5.18. The van der Waals surface area contributed by atoms with E-state index in [1.807, 2.05) is 0 Å². The second-order valence-electron chi connectivity index (χ2n) is 3.35. The summed E-state index contributed by atoms with van der Waals surface area (Å²) in [7, 11) is 0. The van der Waals surface area contributed by atoms with Gasteiger partial charge in [0.05, 0.1) is 18.6 Å². The lowest BCUT2D eigenvalue weighted by Gasteiger charge is -2.03. The number of carbonyl (C=O) groups is 2. The van der Waals surface area contributed by atoms with E-state index in [4.69, 9.17) is 0 Å². The molecular formula is C12H12BrFO3. The Morgan fingerprint density at radius 1 is 1.35 bits per heavy atom. The molecule has 0 aliphatic rings. The van der Waals surface area contributed by atoms with Crippen molar-refractivity contribution in [2.75, 3.05) is 6.61 Å². The lowest BCUT2D eigenvalue weighted by molar-refractivity contribution is -0.143. The van der Waals surface area contributed by atoms with Crippen LogP contribution in [0.5, 0.6) is 0 Å². The molecule has 1 rings (SSSR count). The maximum absolute atomic E-state index is 13.3. The summed E-state index contributed by atoms with van der Waals surface area (Å²) in [5, 5.41) is 0. The minimum Gasteiger partial charge on any atom is -0.466 e. The molecule has 0 saturated heterocycles. The minimum absolute atomic E-state index is 0.0105. The summed E-state index contributed by atoms with van der Waals surface area (Å²) in [6, 6.07) is 4.13. The van der Waals surface area contributed by atoms with Crippen LogP contribution in [0.1, 0.15) is 30.1 Å². The summed E-state index contributed by atoms with van der Waals surface area (Å²) in [6.07, 6.45) is -0.0785. The topological polar surface area (TPSA) is 43.4 Å². The zero-order valence-electron chi connectivity index (χ0n) is 9.33. The van der Waals surface area contributed by atoms with Crippen LogP contribution in [0.3, 0.4) is 0 Å². The molecule has 0 bridgehead atoms. The molecule has 0 saturated carbocycles. The quantitative estimate of drug-likeness (QED) is 0.620. The van der Waals surface area contributed by atoms with E-state index in [1.54, 1.807) is 6.92 Å². The highest BCUT2D eigenvalue weighted by Gasteiger charge is 2.14. The molecule has 0 aliphatic heterocycles. The summed E-state index contributed by atoms with van der Waals surface area (Å²) in [6.45, 7) is 1.96. The monoisotopic (exact) mass is 302 g/mol. The second-order valence-corrected chi connectivity index (χ2v) is 4.27. The van der Waals surface area contributed by atoms with Crippen LogP contribution in [0.2, 0.25) is 0 Å². The molecule has 92 valence electrons. The van der Waals surface area contributed by atoms with E-state index in [0.29, 0.717) is 4.47 Å². The van der Waals surface area contributed by atoms with Crippen molar-refractivity contribution in [3.05, 3.63) is 34.1 Å². The number of carbonyl (C=O) groups excluding carboxylic acids is 2. The Balaban J connectivity index is 2.64. The lowest BCUT2D eigenvalue weighted by atomic mass is 10.1. The van der Waals surface area contributed by atoms with Crippen molar-refractivity contribution in [3.63, 3.8) is 0 Å². The maximum atomic E-state index is 13.3. The van der Waals surface area contributed by atoms with Crippen molar-refractivity contribution in [1.29, 1.82) is 0 Å². The van der Waals surface area contributed by atoms with E-state index in [-0.39, 0.29) is 25.0 Å². The fraction of sp³-hybridized carbons (Fsp3) is 0.333. The predicted octanol–water partition coefficient (Wildman–Crippen LogP) is 3.11. The van der Waals surface area contributed by atoms with Crippen LogP contribution < -0.4 is 0 Å². The molecule has 0 N–H and O–H groups in total. The number of rotatable bonds is 5. The highest BCUT2D eigenvalue weighted by Crippen LogP contribution is 2.17. The third kappa shape index (κ3) is 4.26. The van der Waals surface area contributed by atoms with Gasteiger partial charge in [0, 0.05) is 10.9 Å². The SMILES string of the molecule is CCOC(=O)CCC(=O)c1cc(Br)ccc1F. The van der Waals surface area contributed by atoms with Crippen LogP contribution in [-0.2, 0) is 9.53 Å². The van der Waals surface area contributed by atoms with Crippen LogP contribution in [0, 0.1) is 5.82 Å². The minimum atomic E-state index is -0.581. The van der Waals surface area contributed by atoms with Gasteiger partial charge in [0.2, 0.25) is 0 Å². The summed E-state index contributed by atoms with van der Waals surface area (Å²) in [5.41, 5.74) is -0.0105. The predicted molar refractivity (Wildman–Crippen MR) is 64.3 cm³/mol. The number of hydrogen-bond acceptors (Lipinski definition) is 3. The molecule has 0 atom stereocenters. The van der Waals surface area contributed by atoms with Crippen molar-refractivity contribution in [2.45, 2.75) is 19.8 Å². The van der Waals surface area contributed by atoms with E-state index in [9.17, 15) is 14.0 Å². The van der Waals surface area contributed by atoms with Gasteiger partial charge in [-0.3, -0.25) is 9.59 Å². The Morgan fingerprint density at radius 3 is 2.71 bits per heavy atom. The molecule has 0 amide bonds. The number of halogens is 2. The Hall–Kier alpha value is -1.23. The number of ketones is 1. The molecule has 0 unspecified atom stereocenters. The molecular weight excluding hydrogens is 291 g/mol. The van der Waals surface area contributed by atoms with Crippen LogP contribution in [0.4, 0.5) is 4.39 Å². The Labute approximate surface area is 107 Å². The van der Waals surface area contributed by atoms with Crippen molar-refractivity contribution in [1.82, 2.24) is 0 Å². The van der Waals surface area contributed by atoms with Crippen molar-refractivity contribution in [3.8, 4) is 0 Å². The number of ether oxygens (including phenoxy) is 1. The summed E-state index contributed by atoms with van der Waals surface area (Å²) in [4.78, 5) is 22.7. The smallest absolute Gasteiger partial charge is 0.306 e. The summed E-state index contributed by atoms with van der Waals surface area (Å²) in [5.74, 6) is -1.44. The van der Waals surface area contributed by atoms with Crippen LogP contribution in [0.15, 0.2) is 22.7 Å². The maximum Gasteiger partial charge on any atom is 0.306 e. The molecule has 0 aliphatic carbocycles. The highest BCUT2D eigenvalue weighted by atomic mass is 79.9. The van der Waals surface area contributed by atoms with Gasteiger partial charge < -0.3 is 4.74 Å². The molecule has 0 spiro atoms.